The number of rotatable bonds is 7. The van der Waals surface area contributed by atoms with E-state index in [1.165, 1.54) is 13.0 Å². The second-order valence-corrected chi connectivity index (χ2v) is 6.73. The lowest BCUT2D eigenvalue weighted by molar-refractivity contribution is 0.0963. The third-order valence-electron chi connectivity index (χ3n) is 4.68. The van der Waals surface area contributed by atoms with Crippen molar-refractivity contribution < 1.29 is 4.79 Å². The van der Waals surface area contributed by atoms with E-state index in [-0.39, 0.29) is 29.9 Å². The average molecular weight is 487 g/mol. The van der Waals surface area contributed by atoms with E-state index in [1.54, 1.807) is 7.05 Å². The van der Waals surface area contributed by atoms with Crippen LogP contribution >= 0.6 is 24.0 Å². The van der Waals surface area contributed by atoms with Gasteiger partial charge in [-0.3, -0.25) is 4.79 Å². The highest BCUT2D eigenvalue weighted by atomic mass is 127. The van der Waals surface area contributed by atoms with Gasteiger partial charge >= 0.3 is 0 Å². The number of halogens is 1. The fraction of sp³-hybridized carbons (Fsp3) is 0.600. The van der Waals surface area contributed by atoms with E-state index >= 15 is 0 Å². The zero-order chi connectivity index (χ0) is 18.8. The first-order valence-corrected chi connectivity index (χ1v) is 9.74. The monoisotopic (exact) mass is 487 g/mol. The topological polar surface area (TPSA) is 68.8 Å². The van der Waals surface area contributed by atoms with Crippen LogP contribution in [-0.4, -0.2) is 56.0 Å². The van der Waals surface area contributed by atoms with Gasteiger partial charge in [-0.05, 0) is 50.4 Å². The standard InChI is InChI=1S/C20H33N5O.HI/c1-4-12-25-13-10-18(11-14-25)24-20(22-5-2)23-15-16-6-8-17(9-7-16)19(26)21-3;/h6-9,18H,4-5,10-15H2,1-3H3,(H,21,26)(H2,22,23,24);1H. The molecule has 0 bridgehead atoms. The summed E-state index contributed by atoms with van der Waals surface area (Å²) in [4.78, 5) is 18.8. The maximum atomic E-state index is 11.6. The van der Waals surface area contributed by atoms with Crippen molar-refractivity contribution in [3.8, 4) is 0 Å². The Kier molecular flexibility index (Phi) is 11.3. The number of benzene rings is 1. The van der Waals surface area contributed by atoms with Crippen LogP contribution in [0, 0.1) is 0 Å². The van der Waals surface area contributed by atoms with Crippen molar-refractivity contribution in [2.24, 2.45) is 4.99 Å². The van der Waals surface area contributed by atoms with Crippen LogP contribution in [-0.2, 0) is 6.54 Å². The number of nitrogens with zero attached hydrogens (tertiary/aromatic N) is 2. The zero-order valence-corrected chi connectivity index (χ0v) is 19.1. The van der Waals surface area contributed by atoms with Crippen LogP contribution in [0.3, 0.4) is 0 Å². The Morgan fingerprint density at radius 2 is 1.85 bits per heavy atom. The second-order valence-electron chi connectivity index (χ2n) is 6.73. The number of hydrogen-bond donors (Lipinski definition) is 3. The molecule has 7 heteroatoms. The van der Waals surface area contributed by atoms with Gasteiger partial charge in [0.15, 0.2) is 5.96 Å². The average Bonchev–Trinajstić information content (AvgIpc) is 2.68. The molecule has 1 aliphatic rings. The Bertz CT molecular complexity index is 583. The molecule has 27 heavy (non-hydrogen) atoms. The van der Waals surface area contributed by atoms with Gasteiger partial charge in [-0.2, -0.15) is 0 Å². The molecular weight excluding hydrogens is 453 g/mol. The van der Waals surface area contributed by atoms with Gasteiger partial charge in [-0.15, -0.1) is 24.0 Å². The maximum Gasteiger partial charge on any atom is 0.251 e. The maximum absolute atomic E-state index is 11.6. The van der Waals surface area contributed by atoms with E-state index < -0.39 is 0 Å². The van der Waals surface area contributed by atoms with E-state index in [9.17, 15) is 4.79 Å². The minimum atomic E-state index is -0.0653. The van der Waals surface area contributed by atoms with Crippen molar-refractivity contribution in [2.45, 2.75) is 45.7 Å². The van der Waals surface area contributed by atoms with Gasteiger partial charge in [0.05, 0.1) is 6.54 Å². The van der Waals surface area contributed by atoms with E-state index in [2.05, 4.69) is 34.7 Å². The Hall–Kier alpha value is -1.35. The summed E-state index contributed by atoms with van der Waals surface area (Å²) in [6, 6.07) is 8.08. The molecule has 1 amide bonds. The van der Waals surface area contributed by atoms with Crippen molar-refractivity contribution in [3.63, 3.8) is 0 Å². The molecule has 2 rings (SSSR count). The normalized spacial score (nSPS) is 15.7. The predicted octanol–water partition coefficient (Wildman–Crippen LogP) is 2.59. The Labute approximate surface area is 180 Å². The van der Waals surface area contributed by atoms with Crippen LogP contribution in [0.25, 0.3) is 0 Å². The molecule has 3 N–H and O–H groups in total. The van der Waals surface area contributed by atoms with Crippen molar-refractivity contribution in [1.29, 1.82) is 0 Å². The quantitative estimate of drug-likeness (QED) is 0.314. The van der Waals surface area contributed by atoms with Crippen molar-refractivity contribution in [3.05, 3.63) is 35.4 Å². The molecule has 152 valence electrons. The van der Waals surface area contributed by atoms with E-state index in [1.807, 2.05) is 24.3 Å². The lowest BCUT2D eigenvalue weighted by Crippen LogP contribution is -2.48. The number of amides is 1. The SMILES string of the molecule is CCCN1CCC(NC(=NCc2ccc(C(=O)NC)cc2)NCC)CC1.I. The number of aliphatic imine (C=N–C) groups is 1. The van der Waals surface area contributed by atoms with Gasteiger partial charge in [-0.1, -0.05) is 19.1 Å². The first-order valence-electron chi connectivity index (χ1n) is 9.74. The minimum Gasteiger partial charge on any atom is -0.357 e. The zero-order valence-electron chi connectivity index (χ0n) is 16.8. The highest BCUT2D eigenvalue weighted by Crippen LogP contribution is 2.11. The van der Waals surface area contributed by atoms with Gasteiger partial charge in [0.1, 0.15) is 0 Å². The molecule has 0 aromatic heterocycles. The second kappa shape index (κ2) is 12.9. The third-order valence-corrected chi connectivity index (χ3v) is 4.68. The third kappa shape index (κ3) is 8.04. The summed E-state index contributed by atoms with van der Waals surface area (Å²) in [7, 11) is 1.64. The molecule has 1 aromatic rings. The number of piperidine rings is 1. The van der Waals surface area contributed by atoms with Crippen molar-refractivity contribution >= 4 is 35.8 Å². The fourth-order valence-electron chi connectivity index (χ4n) is 3.21. The lowest BCUT2D eigenvalue weighted by atomic mass is 10.1. The van der Waals surface area contributed by atoms with Gasteiger partial charge in [0.25, 0.3) is 5.91 Å². The minimum absolute atomic E-state index is 0. The number of carbonyl (C=O) groups excluding carboxylic acids is 1. The fourth-order valence-corrected chi connectivity index (χ4v) is 3.21. The van der Waals surface area contributed by atoms with Crippen LogP contribution in [0.4, 0.5) is 0 Å². The molecule has 0 saturated carbocycles. The summed E-state index contributed by atoms with van der Waals surface area (Å²) in [6.45, 7) is 9.28. The molecule has 1 aromatic carbocycles. The molecule has 0 aliphatic carbocycles. The number of carbonyl (C=O) groups is 1. The van der Waals surface area contributed by atoms with Gasteiger partial charge in [-0.25, -0.2) is 4.99 Å². The van der Waals surface area contributed by atoms with E-state index in [0.717, 1.165) is 44.0 Å². The van der Waals surface area contributed by atoms with Crippen LogP contribution < -0.4 is 16.0 Å². The van der Waals surface area contributed by atoms with Crippen LogP contribution in [0.15, 0.2) is 29.3 Å². The molecule has 1 aliphatic heterocycles. The molecule has 0 atom stereocenters. The Morgan fingerprint density at radius 3 is 2.41 bits per heavy atom. The van der Waals surface area contributed by atoms with Crippen LogP contribution in [0.2, 0.25) is 0 Å². The molecule has 6 nitrogen and oxygen atoms in total. The highest BCUT2D eigenvalue weighted by Gasteiger charge is 2.19. The number of likely N-dealkylation sites (tertiary alicyclic amines) is 1. The molecule has 1 fully saturated rings. The van der Waals surface area contributed by atoms with Gasteiger partial charge in [0, 0.05) is 38.3 Å². The van der Waals surface area contributed by atoms with Gasteiger partial charge < -0.3 is 20.9 Å². The van der Waals surface area contributed by atoms with Crippen molar-refractivity contribution in [1.82, 2.24) is 20.9 Å². The van der Waals surface area contributed by atoms with E-state index in [4.69, 9.17) is 4.99 Å². The largest absolute Gasteiger partial charge is 0.357 e. The molecule has 1 heterocycles. The predicted molar refractivity (Wildman–Crippen MR) is 123 cm³/mol. The summed E-state index contributed by atoms with van der Waals surface area (Å²) in [5.41, 5.74) is 1.76. The lowest BCUT2D eigenvalue weighted by Gasteiger charge is -2.32. The molecule has 0 unspecified atom stereocenters. The Balaban J connectivity index is 0.00000364. The first-order chi connectivity index (χ1) is 12.7. The van der Waals surface area contributed by atoms with Crippen LogP contribution in [0.1, 0.15) is 49.0 Å². The summed E-state index contributed by atoms with van der Waals surface area (Å²) >= 11 is 0. The summed E-state index contributed by atoms with van der Waals surface area (Å²) in [5.74, 6) is 0.807. The first kappa shape index (κ1) is 23.7. The highest BCUT2D eigenvalue weighted by molar-refractivity contribution is 14.0. The van der Waals surface area contributed by atoms with Crippen molar-refractivity contribution in [2.75, 3.05) is 33.2 Å². The number of hydrogen-bond acceptors (Lipinski definition) is 3. The number of guanidine groups is 1. The van der Waals surface area contributed by atoms with E-state index in [0.29, 0.717) is 18.2 Å². The number of nitrogens with one attached hydrogen (secondary N) is 3. The molecule has 1 saturated heterocycles. The summed E-state index contributed by atoms with van der Waals surface area (Å²) in [5, 5.41) is 9.55. The molecule has 0 spiro atoms. The summed E-state index contributed by atoms with van der Waals surface area (Å²) in [6.07, 6.45) is 3.54. The molecular formula is C20H34IN5O. The smallest absolute Gasteiger partial charge is 0.251 e. The summed E-state index contributed by atoms with van der Waals surface area (Å²) < 4.78 is 0. The van der Waals surface area contributed by atoms with Crippen LogP contribution in [0.5, 0.6) is 0 Å². The van der Waals surface area contributed by atoms with Gasteiger partial charge in [0.2, 0.25) is 0 Å². The molecule has 0 radical (unpaired) electrons. The Morgan fingerprint density at radius 1 is 1.19 bits per heavy atom.